The van der Waals surface area contributed by atoms with Crippen molar-refractivity contribution in [1.29, 1.82) is 0 Å². The predicted molar refractivity (Wildman–Crippen MR) is 101 cm³/mol. The summed E-state index contributed by atoms with van der Waals surface area (Å²) >= 11 is 12.1. The molecule has 1 heterocycles. The summed E-state index contributed by atoms with van der Waals surface area (Å²) in [6.07, 6.45) is 2.91. The normalized spacial score (nSPS) is 26.1. The quantitative estimate of drug-likeness (QED) is 0.753. The average Bonchev–Trinajstić information content (AvgIpc) is 2.99. The van der Waals surface area contributed by atoms with Gasteiger partial charge >= 0.3 is 12.0 Å². The lowest BCUT2D eigenvalue weighted by Crippen LogP contribution is -2.46. The van der Waals surface area contributed by atoms with Gasteiger partial charge in [-0.3, -0.25) is 0 Å². The summed E-state index contributed by atoms with van der Waals surface area (Å²) in [6, 6.07) is 4.16. The van der Waals surface area contributed by atoms with E-state index in [1.807, 2.05) is 0 Å². The van der Waals surface area contributed by atoms with Crippen LogP contribution in [0.2, 0.25) is 10.0 Å². The van der Waals surface area contributed by atoms with Crippen LogP contribution in [0, 0.1) is 5.92 Å². The van der Waals surface area contributed by atoms with E-state index in [0.717, 1.165) is 19.3 Å². The second-order valence-corrected chi connectivity index (χ2v) is 7.78. The van der Waals surface area contributed by atoms with Gasteiger partial charge in [-0.1, -0.05) is 36.2 Å². The summed E-state index contributed by atoms with van der Waals surface area (Å²) < 4.78 is 5.79. The molecule has 1 aliphatic heterocycles. The SMILES string of the molecule is CC1=C(C(=O)O[C@H]2CCC[C@H]2C)[C@@H](c2ccc(Cl)c(Cl)c2)NC(=O)N1C. The molecule has 0 bridgehead atoms. The van der Waals surface area contributed by atoms with Crippen LogP contribution in [-0.2, 0) is 9.53 Å². The minimum Gasteiger partial charge on any atom is -0.459 e. The van der Waals surface area contributed by atoms with E-state index in [1.165, 1.54) is 4.90 Å². The fourth-order valence-electron chi connectivity index (χ4n) is 3.53. The number of urea groups is 1. The lowest BCUT2D eigenvalue weighted by molar-refractivity contribution is -0.146. The van der Waals surface area contributed by atoms with E-state index in [-0.39, 0.29) is 12.1 Å². The second-order valence-electron chi connectivity index (χ2n) is 6.97. The monoisotopic (exact) mass is 396 g/mol. The summed E-state index contributed by atoms with van der Waals surface area (Å²) in [7, 11) is 1.63. The van der Waals surface area contributed by atoms with Crippen LogP contribution in [-0.4, -0.2) is 30.1 Å². The van der Waals surface area contributed by atoms with Gasteiger partial charge in [0.15, 0.2) is 0 Å². The number of amides is 2. The maximum atomic E-state index is 13.0. The highest BCUT2D eigenvalue weighted by Crippen LogP contribution is 2.35. The summed E-state index contributed by atoms with van der Waals surface area (Å²) in [5.74, 6) is -0.0524. The highest BCUT2D eigenvalue weighted by Gasteiger charge is 2.37. The van der Waals surface area contributed by atoms with Crippen molar-refractivity contribution in [3.8, 4) is 0 Å². The number of rotatable bonds is 3. The molecule has 1 fully saturated rings. The first-order valence-corrected chi connectivity index (χ1v) is 9.46. The minimum absolute atomic E-state index is 0.0832. The van der Waals surface area contributed by atoms with Crippen molar-refractivity contribution in [2.24, 2.45) is 5.92 Å². The van der Waals surface area contributed by atoms with Crippen molar-refractivity contribution in [2.75, 3.05) is 7.05 Å². The third kappa shape index (κ3) is 3.55. The van der Waals surface area contributed by atoms with Gasteiger partial charge in [-0.25, -0.2) is 9.59 Å². The van der Waals surface area contributed by atoms with Crippen LogP contribution < -0.4 is 5.32 Å². The van der Waals surface area contributed by atoms with Crippen LogP contribution in [0.15, 0.2) is 29.5 Å². The van der Waals surface area contributed by atoms with Crippen molar-refractivity contribution >= 4 is 35.2 Å². The molecular weight excluding hydrogens is 375 g/mol. The highest BCUT2D eigenvalue weighted by atomic mass is 35.5. The molecule has 2 aliphatic rings. The van der Waals surface area contributed by atoms with Gasteiger partial charge in [0.1, 0.15) is 6.10 Å². The average molecular weight is 397 g/mol. The van der Waals surface area contributed by atoms with Crippen molar-refractivity contribution in [3.63, 3.8) is 0 Å². The Balaban J connectivity index is 1.96. The molecule has 0 spiro atoms. The first-order valence-electron chi connectivity index (χ1n) is 8.70. The van der Waals surface area contributed by atoms with Crippen LogP contribution in [0.5, 0.6) is 0 Å². The van der Waals surface area contributed by atoms with Gasteiger partial charge < -0.3 is 15.0 Å². The number of hydrogen-bond acceptors (Lipinski definition) is 3. The second kappa shape index (κ2) is 7.49. The molecule has 7 heteroatoms. The summed E-state index contributed by atoms with van der Waals surface area (Å²) in [4.78, 5) is 26.7. The highest BCUT2D eigenvalue weighted by molar-refractivity contribution is 6.42. The molecule has 3 rings (SSSR count). The Morgan fingerprint density at radius 2 is 2.00 bits per heavy atom. The maximum Gasteiger partial charge on any atom is 0.338 e. The number of hydrogen-bond donors (Lipinski definition) is 1. The van der Waals surface area contributed by atoms with Crippen LogP contribution in [0.4, 0.5) is 4.79 Å². The Bertz CT molecular complexity index is 778. The van der Waals surface area contributed by atoms with Gasteiger partial charge in [-0.15, -0.1) is 0 Å². The zero-order chi connectivity index (χ0) is 19.0. The topological polar surface area (TPSA) is 58.6 Å². The van der Waals surface area contributed by atoms with E-state index in [0.29, 0.717) is 32.8 Å². The molecule has 26 heavy (non-hydrogen) atoms. The van der Waals surface area contributed by atoms with Gasteiger partial charge in [0.05, 0.1) is 21.7 Å². The molecule has 2 amide bonds. The first kappa shape index (κ1) is 19.1. The Morgan fingerprint density at radius 1 is 1.27 bits per heavy atom. The van der Waals surface area contributed by atoms with Crippen molar-refractivity contribution in [2.45, 2.75) is 45.3 Å². The van der Waals surface area contributed by atoms with Gasteiger partial charge in [-0.2, -0.15) is 0 Å². The number of carbonyl (C=O) groups excluding carboxylic acids is 2. The van der Waals surface area contributed by atoms with Crippen LogP contribution in [0.3, 0.4) is 0 Å². The zero-order valence-electron chi connectivity index (χ0n) is 15.0. The molecule has 1 saturated carbocycles. The van der Waals surface area contributed by atoms with Crippen molar-refractivity contribution in [3.05, 3.63) is 45.1 Å². The molecule has 0 radical (unpaired) electrons. The Labute approximate surface area is 163 Å². The smallest absolute Gasteiger partial charge is 0.338 e. The molecule has 0 unspecified atom stereocenters. The minimum atomic E-state index is -0.627. The molecule has 5 nitrogen and oxygen atoms in total. The number of esters is 1. The van der Waals surface area contributed by atoms with Crippen molar-refractivity contribution < 1.29 is 14.3 Å². The number of carbonyl (C=O) groups is 2. The Hall–Kier alpha value is -1.72. The van der Waals surface area contributed by atoms with E-state index in [4.69, 9.17) is 27.9 Å². The number of allylic oxidation sites excluding steroid dienone is 1. The van der Waals surface area contributed by atoms with E-state index in [9.17, 15) is 9.59 Å². The fourth-order valence-corrected chi connectivity index (χ4v) is 3.84. The Kier molecular flexibility index (Phi) is 5.49. The fraction of sp³-hybridized carbons (Fsp3) is 0.474. The van der Waals surface area contributed by atoms with Crippen molar-refractivity contribution in [1.82, 2.24) is 10.2 Å². The zero-order valence-corrected chi connectivity index (χ0v) is 16.5. The van der Waals surface area contributed by atoms with Gasteiger partial charge in [0.2, 0.25) is 0 Å². The van der Waals surface area contributed by atoms with Crippen LogP contribution in [0.25, 0.3) is 0 Å². The maximum absolute atomic E-state index is 13.0. The molecule has 1 N–H and O–H groups in total. The molecule has 3 atom stereocenters. The van der Waals surface area contributed by atoms with Gasteiger partial charge in [-0.05, 0) is 49.8 Å². The largest absolute Gasteiger partial charge is 0.459 e. The summed E-state index contributed by atoms with van der Waals surface area (Å²) in [5, 5.41) is 3.64. The van der Waals surface area contributed by atoms with Crippen LogP contribution >= 0.6 is 23.2 Å². The van der Waals surface area contributed by atoms with Gasteiger partial charge in [0.25, 0.3) is 0 Å². The van der Waals surface area contributed by atoms with E-state index >= 15 is 0 Å². The first-order chi connectivity index (χ1) is 12.3. The molecule has 0 saturated heterocycles. The third-order valence-electron chi connectivity index (χ3n) is 5.29. The summed E-state index contributed by atoms with van der Waals surface area (Å²) in [5.41, 5.74) is 1.68. The Morgan fingerprint density at radius 3 is 2.62 bits per heavy atom. The molecular formula is C19H22Cl2N2O3. The number of nitrogens with one attached hydrogen (secondary N) is 1. The number of halogens is 2. The van der Waals surface area contributed by atoms with E-state index in [1.54, 1.807) is 32.2 Å². The standard InChI is InChI=1S/C19H22Cl2N2O3/c1-10-5-4-6-15(10)26-18(24)16-11(2)23(3)19(25)22-17(16)12-7-8-13(20)14(21)9-12/h7-10,15,17H,4-6H2,1-3H3,(H,22,25)/t10-,15+,17-/m1/s1. The third-order valence-corrected chi connectivity index (χ3v) is 6.03. The number of benzene rings is 1. The molecule has 1 aromatic carbocycles. The van der Waals surface area contributed by atoms with Gasteiger partial charge in [0, 0.05) is 12.7 Å². The van der Waals surface area contributed by atoms with E-state index < -0.39 is 12.0 Å². The predicted octanol–water partition coefficient (Wildman–Crippen LogP) is 4.70. The molecule has 1 aromatic rings. The van der Waals surface area contributed by atoms with E-state index in [2.05, 4.69) is 12.2 Å². The summed E-state index contributed by atoms with van der Waals surface area (Å²) in [6.45, 7) is 3.84. The number of nitrogens with zero attached hydrogens (tertiary/aromatic N) is 1. The lowest BCUT2D eigenvalue weighted by Gasteiger charge is -2.34. The lowest BCUT2D eigenvalue weighted by atomic mass is 9.95. The molecule has 0 aromatic heterocycles. The van der Waals surface area contributed by atoms with Crippen LogP contribution in [0.1, 0.15) is 44.7 Å². The molecule has 1 aliphatic carbocycles. The number of ether oxygens (including phenoxy) is 1. The molecule has 140 valence electrons.